The maximum Gasteiger partial charge on any atom is 0.251 e. The van der Waals surface area contributed by atoms with Gasteiger partial charge in [0.2, 0.25) is 0 Å². The van der Waals surface area contributed by atoms with E-state index in [0.29, 0.717) is 5.56 Å². The Labute approximate surface area is 148 Å². The average molecular weight is 340 g/mol. The van der Waals surface area contributed by atoms with Crippen LogP contribution in [0, 0.1) is 6.92 Å². The van der Waals surface area contributed by atoms with Crippen LogP contribution in [0.25, 0.3) is 0 Å². The number of benzene rings is 2. The normalized spacial score (nSPS) is 15.7. The summed E-state index contributed by atoms with van der Waals surface area (Å²) >= 11 is 0. The molecule has 1 heterocycles. The van der Waals surface area contributed by atoms with Crippen LogP contribution >= 0.6 is 0 Å². The van der Waals surface area contributed by atoms with Crippen molar-refractivity contribution in [3.63, 3.8) is 0 Å². The number of ether oxygens (including phenoxy) is 1. The molecule has 0 saturated carbocycles. The molecular formula is C20H24N2O3. The first-order valence-electron chi connectivity index (χ1n) is 8.59. The van der Waals surface area contributed by atoms with Gasteiger partial charge in [0.05, 0.1) is 19.3 Å². The number of amides is 1. The van der Waals surface area contributed by atoms with Gasteiger partial charge >= 0.3 is 0 Å². The number of carbonyl (C=O) groups is 1. The first-order valence-corrected chi connectivity index (χ1v) is 8.59. The lowest BCUT2D eigenvalue weighted by molar-refractivity contribution is 0.0915. The van der Waals surface area contributed by atoms with Crippen LogP contribution < -0.4 is 10.2 Å². The largest absolute Gasteiger partial charge is 0.387 e. The summed E-state index contributed by atoms with van der Waals surface area (Å²) in [5.41, 5.74) is 3.48. The number of aliphatic hydroxyl groups excluding tert-OH is 1. The predicted octanol–water partition coefficient (Wildman–Crippen LogP) is 2.30. The quantitative estimate of drug-likeness (QED) is 0.877. The van der Waals surface area contributed by atoms with Crippen LogP contribution in [0.1, 0.15) is 27.6 Å². The number of morpholine rings is 1. The number of carbonyl (C=O) groups excluding carboxylic acids is 1. The van der Waals surface area contributed by atoms with Crippen LogP contribution in [0.5, 0.6) is 0 Å². The van der Waals surface area contributed by atoms with E-state index in [2.05, 4.69) is 10.2 Å². The smallest absolute Gasteiger partial charge is 0.251 e. The van der Waals surface area contributed by atoms with Gasteiger partial charge in [0, 0.05) is 30.9 Å². The van der Waals surface area contributed by atoms with Crippen molar-refractivity contribution >= 4 is 11.6 Å². The van der Waals surface area contributed by atoms with Gasteiger partial charge in [0.15, 0.2) is 0 Å². The first kappa shape index (κ1) is 17.5. The highest BCUT2D eigenvalue weighted by atomic mass is 16.5. The van der Waals surface area contributed by atoms with Crippen molar-refractivity contribution in [2.24, 2.45) is 0 Å². The summed E-state index contributed by atoms with van der Waals surface area (Å²) in [5.74, 6) is -0.165. The van der Waals surface area contributed by atoms with Crippen LogP contribution in [-0.4, -0.2) is 43.9 Å². The fourth-order valence-electron chi connectivity index (χ4n) is 2.96. The molecule has 5 heteroatoms. The monoisotopic (exact) mass is 340 g/mol. The zero-order valence-corrected chi connectivity index (χ0v) is 14.4. The molecule has 0 aromatic heterocycles. The van der Waals surface area contributed by atoms with Gasteiger partial charge in [-0.25, -0.2) is 0 Å². The standard InChI is InChI=1S/C20H24N2O3/c1-15-4-2-3-5-18(15)20(24)21-14-19(23)16-6-8-17(9-7-16)22-10-12-25-13-11-22/h2-9,19,23H,10-14H2,1H3,(H,21,24). The number of nitrogens with zero attached hydrogens (tertiary/aromatic N) is 1. The van der Waals surface area contributed by atoms with Gasteiger partial charge in [0.1, 0.15) is 0 Å². The molecule has 1 unspecified atom stereocenters. The Kier molecular flexibility index (Phi) is 5.68. The predicted molar refractivity (Wildman–Crippen MR) is 97.9 cm³/mol. The van der Waals surface area contributed by atoms with Gasteiger partial charge in [-0.05, 0) is 36.2 Å². The Morgan fingerprint density at radius 3 is 2.52 bits per heavy atom. The number of aryl methyl sites for hydroxylation is 1. The highest BCUT2D eigenvalue weighted by Gasteiger charge is 2.14. The molecule has 1 aliphatic rings. The van der Waals surface area contributed by atoms with Crippen molar-refractivity contribution in [2.75, 3.05) is 37.7 Å². The van der Waals surface area contributed by atoms with Gasteiger partial charge in [-0.3, -0.25) is 4.79 Å². The second kappa shape index (κ2) is 8.14. The first-order chi connectivity index (χ1) is 12.1. The summed E-state index contributed by atoms with van der Waals surface area (Å²) in [7, 11) is 0. The minimum atomic E-state index is -0.730. The molecule has 2 aromatic carbocycles. The van der Waals surface area contributed by atoms with Crippen molar-refractivity contribution in [1.29, 1.82) is 0 Å². The third kappa shape index (κ3) is 4.38. The van der Waals surface area contributed by atoms with Crippen molar-refractivity contribution in [3.05, 3.63) is 65.2 Å². The van der Waals surface area contributed by atoms with Crippen molar-refractivity contribution in [3.8, 4) is 0 Å². The van der Waals surface area contributed by atoms with E-state index in [9.17, 15) is 9.90 Å². The Morgan fingerprint density at radius 2 is 1.84 bits per heavy atom. The summed E-state index contributed by atoms with van der Waals surface area (Å²) in [6, 6.07) is 15.3. The van der Waals surface area contributed by atoms with E-state index >= 15 is 0 Å². The van der Waals surface area contributed by atoms with Gasteiger partial charge in [-0.15, -0.1) is 0 Å². The van der Waals surface area contributed by atoms with Crippen LogP contribution in [0.15, 0.2) is 48.5 Å². The fourth-order valence-corrected chi connectivity index (χ4v) is 2.96. The van der Waals surface area contributed by atoms with Crippen molar-refractivity contribution in [1.82, 2.24) is 5.32 Å². The van der Waals surface area contributed by atoms with Crippen LogP contribution in [-0.2, 0) is 4.74 Å². The summed E-state index contributed by atoms with van der Waals surface area (Å²) in [4.78, 5) is 14.5. The lowest BCUT2D eigenvalue weighted by Crippen LogP contribution is -2.36. The highest BCUT2D eigenvalue weighted by Crippen LogP contribution is 2.20. The van der Waals surface area contributed by atoms with Gasteiger partial charge in [0.25, 0.3) is 5.91 Å². The van der Waals surface area contributed by atoms with E-state index in [1.807, 2.05) is 49.4 Å². The topological polar surface area (TPSA) is 61.8 Å². The maximum absolute atomic E-state index is 12.2. The third-order valence-electron chi connectivity index (χ3n) is 4.50. The van der Waals surface area contributed by atoms with Crippen molar-refractivity contribution < 1.29 is 14.6 Å². The lowest BCUT2D eigenvalue weighted by atomic mass is 10.1. The minimum Gasteiger partial charge on any atom is -0.387 e. The second-order valence-electron chi connectivity index (χ2n) is 6.23. The summed E-state index contributed by atoms with van der Waals surface area (Å²) in [6.07, 6.45) is -0.730. The molecule has 5 nitrogen and oxygen atoms in total. The summed E-state index contributed by atoms with van der Waals surface area (Å²) < 4.78 is 5.36. The third-order valence-corrected chi connectivity index (χ3v) is 4.50. The molecule has 1 amide bonds. The average Bonchev–Trinajstić information content (AvgIpc) is 2.67. The lowest BCUT2D eigenvalue weighted by Gasteiger charge is -2.29. The van der Waals surface area contributed by atoms with Crippen molar-refractivity contribution in [2.45, 2.75) is 13.0 Å². The molecule has 0 aliphatic carbocycles. The highest BCUT2D eigenvalue weighted by molar-refractivity contribution is 5.95. The van der Waals surface area contributed by atoms with Crippen LogP contribution in [0.2, 0.25) is 0 Å². The van der Waals surface area contributed by atoms with Gasteiger partial charge < -0.3 is 20.1 Å². The number of nitrogens with one attached hydrogen (secondary N) is 1. The molecule has 1 aliphatic heterocycles. The molecule has 1 atom stereocenters. The molecule has 0 radical (unpaired) electrons. The molecule has 132 valence electrons. The van der Waals surface area contributed by atoms with E-state index in [1.165, 1.54) is 0 Å². The van der Waals surface area contributed by atoms with E-state index in [1.54, 1.807) is 6.07 Å². The van der Waals surface area contributed by atoms with Crippen LogP contribution in [0.3, 0.4) is 0 Å². The molecule has 0 bridgehead atoms. The molecule has 2 N–H and O–H groups in total. The second-order valence-corrected chi connectivity index (χ2v) is 6.23. The van der Waals surface area contributed by atoms with Crippen LogP contribution in [0.4, 0.5) is 5.69 Å². The number of hydrogen-bond donors (Lipinski definition) is 2. The zero-order valence-electron chi connectivity index (χ0n) is 14.4. The summed E-state index contributed by atoms with van der Waals surface area (Å²) in [5, 5.41) is 13.1. The minimum absolute atomic E-state index is 0.165. The molecule has 3 rings (SSSR count). The Bertz CT molecular complexity index is 709. The molecule has 0 spiro atoms. The number of rotatable bonds is 5. The molecule has 1 saturated heterocycles. The Morgan fingerprint density at radius 1 is 1.16 bits per heavy atom. The van der Waals surface area contributed by atoms with E-state index in [4.69, 9.17) is 4.74 Å². The molecule has 2 aromatic rings. The Hall–Kier alpha value is -2.37. The molecule has 1 fully saturated rings. The SMILES string of the molecule is Cc1ccccc1C(=O)NCC(O)c1ccc(N2CCOCC2)cc1. The maximum atomic E-state index is 12.2. The van der Waals surface area contributed by atoms with E-state index in [-0.39, 0.29) is 12.5 Å². The summed E-state index contributed by atoms with van der Waals surface area (Å²) in [6.45, 7) is 5.34. The number of aliphatic hydroxyl groups is 1. The fraction of sp³-hybridized carbons (Fsp3) is 0.350. The number of anilines is 1. The van der Waals surface area contributed by atoms with Gasteiger partial charge in [-0.1, -0.05) is 30.3 Å². The van der Waals surface area contributed by atoms with E-state index in [0.717, 1.165) is 43.1 Å². The molecular weight excluding hydrogens is 316 g/mol. The Balaban J connectivity index is 1.57. The van der Waals surface area contributed by atoms with E-state index < -0.39 is 6.10 Å². The van der Waals surface area contributed by atoms with Gasteiger partial charge in [-0.2, -0.15) is 0 Å². The zero-order chi connectivity index (χ0) is 17.6. The number of hydrogen-bond acceptors (Lipinski definition) is 4. The molecule has 25 heavy (non-hydrogen) atoms.